The molecule has 1 unspecified atom stereocenters. The first kappa shape index (κ1) is 12.2. The number of benzene rings is 1. The monoisotopic (exact) mass is 253 g/mol. The number of nitriles is 1. The van der Waals surface area contributed by atoms with Crippen LogP contribution in [0.2, 0.25) is 5.02 Å². The van der Waals surface area contributed by atoms with Crippen LogP contribution >= 0.6 is 23.2 Å². The Morgan fingerprint density at radius 1 is 1.33 bits per heavy atom. The molecule has 0 fully saturated rings. The van der Waals surface area contributed by atoms with Crippen LogP contribution in [-0.4, -0.2) is 0 Å². The summed E-state index contributed by atoms with van der Waals surface area (Å²) in [6, 6.07) is 4.78. The maximum absolute atomic E-state index is 12.4. The summed E-state index contributed by atoms with van der Waals surface area (Å²) in [6.45, 7) is 0. The summed E-state index contributed by atoms with van der Waals surface area (Å²) < 4.78 is 37.2. The van der Waals surface area contributed by atoms with Gasteiger partial charge in [-0.05, 0) is 17.7 Å². The normalized spacial score (nSPS) is 13.3. The highest BCUT2D eigenvalue weighted by Gasteiger charge is 2.33. The number of rotatable bonds is 1. The Labute approximate surface area is 94.0 Å². The third-order valence-corrected chi connectivity index (χ3v) is 2.38. The van der Waals surface area contributed by atoms with E-state index in [-0.39, 0.29) is 5.56 Å². The summed E-state index contributed by atoms with van der Waals surface area (Å²) in [7, 11) is 0. The Bertz CT molecular complexity index is 409. The summed E-state index contributed by atoms with van der Waals surface area (Å²) >= 11 is 10.9. The minimum absolute atomic E-state index is 0.0795. The molecule has 0 radical (unpaired) electrons. The van der Waals surface area contributed by atoms with E-state index in [1.165, 1.54) is 6.07 Å². The number of halogens is 5. The first-order valence-corrected chi connectivity index (χ1v) is 4.58. The van der Waals surface area contributed by atoms with Crippen molar-refractivity contribution in [2.75, 3.05) is 0 Å². The molecule has 1 aromatic rings. The molecule has 6 heteroatoms. The highest BCUT2D eigenvalue weighted by Crippen LogP contribution is 2.36. The fourth-order valence-corrected chi connectivity index (χ4v) is 1.35. The van der Waals surface area contributed by atoms with Gasteiger partial charge in [0.2, 0.25) is 0 Å². The van der Waals surface area contributed by atoms with Crippen LogP contribution in [0.1, 0.15) is 16.5 Å². The van der Waals surface area contributed by atoms with E-state index < -0.39 is 22.1 Å². The van der Waals surface area contributed by atoms with E-state index in [1.807, 2.05) is 0 Å². The maximum Gasteiger partial charge on any atom is 0.417 e. The van der Waals surface area contributed by atoms with Crippen molar-refractivity contribution < 1.29 is 13.2 Å². The van der Waals surface area contributed by atoms with Gasteiger partial charge in [-0.1, -0.05) is 17.7 Å². The molecule has 0 aliphatic carbocycles. The second-order valence-electron chi connectivity index (χ2n) is 2.73. The second kappa shape index (κ2) is 4.30. The van der Waals surface area contributed by atoms with E-state index in [4.69, 9.17) is 28.5 Å². The molecule has 0 saturated carbocycles. The van der Waals surface area contributed by atoms with Crippen molar-refractivity contribution in [3.8, 4) is 6.07 Å². The Kier molecular flexibility index (Phi) is 3.48. The molecule has 0 saturated heterocycles. The number of hydrogen-bond acceptors (Lipinski definition) is 1. The van der Waals surface area contributed by atoms with Gasteiger partial charge < -0.3 is 0 Å². The van der Waals surface area contributed by atoms with Crippen LogP contribution in [0.5, 0.6) is 0 Å². The van der Waals surface area contributed by atoms with E-state index >= 15 is 0 Å². The molecular weight excluding hydrogens is 250 g/mol. The lowest BCUT2D eigenvalue weighted by molar-refractivity contribution is -0.137. The third-order valence-electron chi connectivity index (χ3n) is 1.70. The minimum atomic E-state index is -4.54. The summed E-state index contributed by atoms with van der Waals surface area (Å²) in [6.07, 6.45) is -4.54. The van der Waals surface area contributed by atoms with Gasteiger partial charge in [-0.3, -0.25) is 0 Å². The van der Waals surface area contributed by atoms with Gasteiger partial charge in [0.05, 0.1) is 16.7 Å². The van der Waals surface area contributed by atoms with Crippen molar-refractivity contribution >= 4 is 23.2 Å². The van der Waals surface area contributed by atoms with Crippen LogP contribution in [-0.2, 0) is 6.18 Å². The van der Waals surface area contributed by atoms with E-state index in [0.717, 1.165) is 12.1 Å². The van der Waals surface area contributed by atoms with Gasteiger partial charge in [0.15, 0.2) is 0 Å². The molecule has 0 N–H and O–H groups in total. The van der Waals surface area contributed by atoms with Gasteiger partial charge in [0, 0.05) is 0 Å². The van der Waals surface area contributed by atoms with Crippen LogP contribution in [0.15, 0.2) is 18.2 Å². The molecule has 1 nitrogen and oxygen atoms in total. The number of hydrogen-bond donors (Lipinski definition) is 0. The Balaban J connectivity index is 3.24. The molecule has 0 bridgehead atoms. The van der Waals surface area contributed by atoms with Crippen molar-refractivity contribution in [2.45, 2.75) is 11.6 Å². The van der Waals surface area contributed by atoms with Crippen LogP contribution in [0, 0.1) is 11.3 Å². The molecule has 1 aromatic carbocycles. The molecule has 0 aromatic heterocycles. The predicted octanol–water partition coefficient (Wildman–Crippen LogP) is 4.16. The standard InChI is InChI=1S/C9H4Cl2F3N/c10-7-2-1-5(8(11)4-15)3-6(7)9(12,13)14/h1-3,8H. The Morgan fingerprint density at radius 3 is 2.40 bits per heavy atom. The molecule has 0 heterocycles. The summed E-state index contributed by atoms with van der Waals surface area (Å²) in [5, 5.41) is 6.94. The lowest BCUT2D eigenvalue weighted by atomic mass is 10.1. The third kappa shape index (κ3) is 2.77. The van der Waals surface area contributed by atoms with E-state index in [9.17, 15) is 13.2 Å². The molecular formula is C9H4Cl2F3N. The molecule has 0 aliphatic heterocycles. The van der Waals surface area contributed by atoms with Crippen molar-refractivity contribution in [3.63, 3.8) is 0 Å². The fraction of sp³-hybridized carbons (Fsp3) is 0.222. The van der Waals surface area contributed by atoms with Crippen molar-refractivity contribution in [1.82, 2.24) is 0 Å². The van der Waals surface area contributed by atoms with Gasteiger partial charge in [-0.2, -0.15) is 18.4 Å². The fourth-order valence-electron chi connectivity index (χ4n) is 0.992. The second-order valence-corrected chi connectivity index (χ2v) is 3.57. The largest absolute Gasteiger partial charge is 0.417 e. The van der Waals surface area contributed by atoms with Crippen LogP contribution in [0.3, 0.4) is 0 Å². The molecule has 0 amide bonds. The molecule has 0 spiro atoms. The van der Waals surface area contributed by atoms with Crippen molar-refractivity contribution in [2.24, 2.45) is 0 Å². The van der Waals surface area contributed by atoms with Gasteiger partial charge in [0.1, 0.15) is 5.38 Å². The first-order chi connectivity index (χ1) is 6.86. The summed E-state index contributed by atoms with van der Waals surface area (Å²) in [4.78, 5) is 0. The van der Waals surface area contributed by atoms with Crippen molar-refractivity contribution in [3.05, 3.63) is 34.3 Å². The average molecular weight is 254 g/mol. The molecule has 0 aliphatic rings. The molecule has 80 valence electrons. The van der Waals surface area contributed by atoms with Gasteiger partial charge >= 0.3 is 6.18 Å². The van der Waals surface area contributed by atoms with Gasteiger partial charge in [-0.25, -0.2) is 0 Å². The Hall–Kier alpha value is -0.920. The highest BCUT2D eigenvalue weighted by atomic mass is 35.5. The summed E-state index contributed by atoms with van der Waals surface area (Å²) in [5.74, 6) is 0. The Morgan fingerprint density at radius 2 is 1.93 bits per heavy atom. The zero-order chi connectivity index (χ0) is 11.6. The topological polar surface area (TPSA) is 23.8 Å². The van der Waals surface area contributed by atoms with E-state index in [1.54, 1.807) is 6.07 Å². The van der Waals surface area contributed by atoms with E-state index in [0.29, 0.717) is 0 Å². The summed E-state index contributed by atoms with van der Waals surface area (Å²) in [5.41, 5.74) is -0.904. The highest BCUT2D eigenvalue weighted by molar-refractivity contribution is 6.31. The van der Waals surface area contributed by atoms with Crippen LogP contribution < -0.4 is 0 Å². The molecule has 1 rings (SSSR count). The van der Waals surface area contributed by atoms with Crippen LogP contribution in [0.25, 0.3) is 0 Å². The minimum Gasteiger partial charge on any atom is -0.196 e. The maximum atomic E-state index is 12.4. The predicted molar refractivity (Wildman–Crippen MR) is 50.7 cm³/mol. The quantitative estimate of drug-likeness (QED) is 0.690. The first-order valence-electron chi connectivity index (χ1n) is 3.76. The number of alkyl halides is 4. The average Bonchev–Trinajstić information content (AvgIpc) is 2.15. The number of nitrogens with zero attached hydrogens (tertiary/aromatic N) is 1. The van der Waals surface area contributed by atoms with Crippen molar-refractivity contribution in [1.29, 1.82) is 5.26 Å². The van der Waals surface area contributed by atoms with Gasteiger partial charge in [-0.15, -0.1) is 11.6 Å². The lowest BCUT2D eigenvalue weighted by Gasteiger charge is -2.10. The zero-order valence-electron chi connectivity index (χ0n) is 7.15. The molecule has 1 atom stereocenters. The van der Waals surface area contributed by atoms with Crippen LogP contribution in [0.4, 0.5) is 13.2 Å². The van der Waals surface area contributed by atoms with E-state index in [2.05, 4.69) is 0 Å². The molecule has 15 heavy (non-hydrogen) atoms. The van der Waals surface area contributed by atoms with Gasteiger partial charge in [0.25, 0.3) is 0 Å². The SMILES string of the molecule is N#CC(Cl)c1ccc(Cl)c(C(F)(F)F)c1. The smallest absolute Gasteiger partial charge is 0.196 e. The lowest BCUT2D eigenvalue weighted by Crippen LogP contribution is -2.06. The zero-order valence-corrected chi connectivity index (χ0v) is 8.66.